The van der Waals surface area contributed by atoms with E-state index >= 15 is 0 Å². The van der Waals surface area contributed by atoms with E-state index < -0.39 is 0 Å². The molecule has 0 amide bonds. The second-order valence-electron chi connectivity index (χ2n) is 10.3. The second-order valence-corrected chi connectivity index (χ2v) is 10.3. The Hall–Kier alpha value is -0.710. The zero-order valence-electron chi connectivity index (χ0n) is 32.8. The minimum Gasteiger partial charge on any atom is -0.385 e. The number of ketones is 1. The van der Waals surface area contributed by atoms with Crippen LogP contribution < -0.4 is 0 Å². The van der Waals surface area contributed by atoms with Gasteiger partial charge in [-0.2, -0.15) is 0 Å². The number of methoxy groups -OCH3 is 2. The predicted octanol–water partition coefficient (Wildman–Crippen LogP) is 13.6. The summed E-state index contributed by atoms with van der Waals surface area (Å²) in [5, 5.41) is 0. The van der Waals surface area contributed by atoms with Crippen molar-refractivity contribution in [3.05, 3.63) is 12.2 Å². The SMILES string of the molecule is C/C=C/CC.CCCC(=O)CC.CCCCC.CCCCCC.CCCCCOC.CCCCOC.CCCCOCC. The van der Waals surface area contributed by atoms with Crippen LogP contribution in [0.15, 0.2) is 12.2 Å². The van der Waals surface area contributed by atoms with Gasteiger partial charge in [0.05, 0.1) is 0 Å². The molecule has 0 N–H and O–H groups in total. The average molecular weight is 621 g/mol. The van der Waals surface area contributed by atoms with Crippen LogP contribution in [0.2, 0.25) is 0 Å². The summed E-state index contributed by atoms with van der Waals surface area (Å²) in [6.45, 7) is 29.1. The molecule has 0 spiro atoms. The lowest BCUT2D eigenvalue weighted by Crippen LogP contribution is -1.91. The van der Waals surface area contributed by atoms with Gasteiger partial charge in [-0.25, -0.2) is 0 Å². The maximum atomic E-state index is 10.4. The van der Waals surface area contributed by atoms with E-state index in [1.54, 1.807) is 14.2 Å². The van der Waals surface area contributed by atoms with E-state index in [1.807, 2.05) is 27.7 Å². The van der Waals surface area contributed by atoms with Gasteiger partial charge >= 0.3 is 0 Å². The highest BCUT2D eigenvalue weighted by molar-refractivity contribution is 5.77. The molecule has 0 bridgehead atoms. The highest BCUT2D eigenvalue weighted by Crippen LogP contribution is 1.95. The van der Waals surface area contributed by atoms with E-state index in [-0.39, 0.29) is 0 Å². The number of unbranched alkanes of at least 4 members (excludes halogenated alkanes) is 9. The van der Waals surface area contributed by atoms with Crippen molar-refractivity contribution in [2.45, 2.75) is 199 Å². The fraction of sp³-hybridized carbons (Fsp3) is 0.923. The van der Waals surface area contributed by atoms with Crippen molar-refractivity contribution in [2.24, 2.45) is 0 Å². The second kappa shape index (κ2) is 78.1. The lowest BCUT2D eigenvalue weighted by molar-refractivity contribution is -0.118. The fourth-order valence-corrected chi connectivity index (χ4v) is 2.72. The first-order chi connectivity index (χ1) is 20.8. The van der Waals surface area contributed by atoms with Crippen molar-refractivity contribution in [2.75, 3.05) is 40.6 Å². The largest absolute Gasteiger partial charge is 0.385 e. The van der Waals surface area contributed by atoms with Gasteiger partial charge in [0.15, 0.2) is 0 Å². The quantitative estimate of drug-likeness (QED) is 0.100. The molecule has 0 heterocycles. The normalized spacial score (nSPS) is 9.16. The molecule has 0 aliphatic rings. The van der Waals surface area contributed by atoms with Crippen molar-refractivity contribution in [3.8, 4) is 0 Å². The van der Waals surface area contributed by atoms with Gasteiger partial charge in [0.25, 0.3) is 0 Å². The number of hydrogen-bond acceptors (Lipinski definition) is 4. The lowest BCUT2D eigenvalue weighted by Gasteiger charge is -1.94. The first kappa shape index (κ1) is 57.9. The molecule has 0 aliphatic carbocycles. The fourth-order valence-electron chi connectivity index (χ4n) is 2.72. The highest BCUT2D eigenvalue weighted by Gasteiger charge is 1.91. The van der Waals surface area contributed by atoms with Gasteiger partial charge in [-0.15, -0.1) is 0 Å². The minimum atomic E-state index is 0.377. The Bertz CT molecular complexity index is 347. The number of rotatable bonds is 20. The van der Waals surface area contributed by atoms with Crippen molar-refractivity contribution in [3.63, 3.8) is 0 Å². The molecule has 0 atom stereocenters. The van der Waals surface area contributed by atoms with Crippen molar-refractivity contribution in [1.82, 2.24) is 0 Å². The van der Waals surface area contributed by atoms with Crippen LogP contribution in [0.5, 0.6) is 0 Å². The van der Waals surface area contributed by atoms with Crippen LogP contribution in [0, 0.1) is 0 Å². The van der Waals surface area contributed by atoms with E-state index in [0.717, 1.165) is 45.7 Å². The van der Waals surface area contributed by atoms with Crippen LogP contribution in [-0.2, 0) is 19.0 Å². The van der Waals surface area contributed by atoms with Crippen LogP contribution in [0.4, 0.5) is 0 Å². The van der Waals surface area contributed by atoms with Crippen LogP contribution >= 0.6 is 0 Å². The number of Topliss-reactive ketones (excluding diaryl/α,β-unsaturated/α-hetero) is 1. The molecule has 0 saturated carbocycles. The van der Waals surface area contributed by atoms with Crippen molar-refractivity contribution in [1.29, 1.82) is 0 Å². The molecule has 4 nitrogen and oxygen atoms in total. The van der Waals surface area contributed by atoms with Crippen molar-refractivity contribution >= 4 is 5.78 Å². The van der Waals surface area contributed by atoms with Crippen LogP contribution in [0.25, 0.3) is 0 Å². The monoisotopic (exact) mass is 621 g/mol. The molecule has 0 unspecified atom stereocenters. The molecule has 0 aromatic rings. The number of hydrogen-bond donors (Lipinski definition) is 0. The van der Waals surface area contributed by atoms with Gasteiger partial charge in [0, 0.05) is 53.5 Å². The molecule has 0 aliphatic heterocycles. The Morgan fingerprint density at radius 1 is 0.512 bits per heavy atom. The maximum absolute atomic E-state index is 10.4. The predicted molar refractivity (Wildman–Crippen MR) is 200 cm³/mol. The van der Waals surface area contributed by atoms with E-state index in [0.29, 0.717) is 12.2 Å². The van der Waals surface area contributed by atoms with E-state index in [9.17, 15) is 4.79 Å². The minimum absolute atomic E-state index is 0.377. The van der Waals surface area contributed by atoms with Crippen molar-refractivity contribution < 1.29 is 19.0 Å². The number of allylic oxidation sites excluding steroid dienone is 2. The number of carbonyl (C=O) groups is 1. The molecule has 0 rings (SSSR count). The first-order valence-electron chi connectivity index (χ1n) is 18.5. The summed E-state index contributed by atoms with van der Waals surface area (Å²) >= 11 is 0. The zero-order valence-corrected chi connectivity index (χ0v) is 32.8. The molecular weight excluding hydrogens is 532 g/mol. The summed E-state index contributed by atoms with van der Waals surface area (Å²) in [5.74, 6) is 0.377. The molecule has 0 saturated heterocycles. The molecular formula is C39H88O4. The zero-order chi connectivity index (χ0) is 34.7. The standard InChI is InChI=1S/2C6H14O.C6H12O.C6H14.C5H12O.C5H12.C5H10/c1-3-4-5-6-7-2;1-3-5-6-7-4-2;1-3-5-6(7)4-2;1-3-5-6-4-2;1-3-4-5-6-2;2*1-3-5-4-2/h2*3-6H2,1-2H3;3-5H2,1-2H3;3-6H2,1-2H3;3-5H2,1-2H3;3-5H2,1-2H3;3,5H,4H2,1-2H3/b;;;;;;5-3+. The smallest absolute Gasteiger partial charge is 0.132 e. The topological polar surface area (TPSA) is 44.8 Å². The molecule has 0 fully saturated rings. The number of carbonyl (C=O) groups excluding carboxylic acids is 1. The Balaban J connectivity index is -0.0000000706. The highest BCUT2D eigenvalue weighted by atomic mass is 16.5. The molecule has 0 radical (unpaired) electrons. The van der Waals surface area contributed by atoms with Crippen LogP contribution in [0.3, 0.4) is 0 Å². The van der Waals surface area contributed by atoms with Gasteiger partial charge < -0.3 is 14.2 Å². The third kappa shape index (κ3) is 128. The Labute approximate surface area is 275 Å². The third-order valence-corrected chi connectivity index (χ3v) is 5.56. The molecule has 268 valence electrons. The summed E-state index contributed by atoms with van der Waals surface area (Å²) < 4.78 is 14.7. The van der Waals surface area contributed by atoms with Gasteiger partial charge in [-0.3, -0.25) is 4.79 Å². The van der Waals surface area contributed by atoms with E-state index in [4.69, 9.17) is 14.2 Å². The van der Waals surface area contributed by atoms with Gasteiger partial charge in [0.2, 0.25) is 0 Å². The Morgan fingerprint density at radius 2 is 0.907 bits per heavy atom. The summed E-state index contributed by atoms with van der Waals surface area (Å²) in [7, 11) is 3.48. The number of ether oxygens (including phenoxy) is 3. The van der Waals surface area contributed by atoms with Crippen LogP contribution in [0.1, 0.15) is 199 Å². The molecule has 43 heavy (non-hydrogen) atoms. The van der Waals surface area contributed by atoms with Gasteiger partial charge in [-0.05, 0) is 46.0 Å². The maximum Gasteiger partial charge on any atom is 0.132 e. The van der Waals surface area contributed by atoms with E-state index in [2.05, 4.69) is 67.5 Å². The summed E-state index contributed by atoms with van der Waals surface area (Å²) in [6, 6.07) is 0. The third-order valence-electron chi connectivity index (χ3n) is 5.56. The molecule has 0 aromatic heterocycles. The van der Waals surface area contributed by atoms with Gasteiger partial charge in [-0.1, -0.05) is 152 Å². The Morgan fingerprint density at radius 3 is 1.12 bits per heavy atom. The summed E-state index contributed by atoms with van der Waals surface area (Å²) in [5.41, 5.74) is 0. The average Bonchev–Trinajstić information content (AvgIpc) is 3.02. The van der Waals surface area contributed by atoms with Crippen LogP contribution in [-0.4, -0.2) is 46.4 Å². The lowest BCUT2D eigenvalue weighted by atomic mass is 10.2. The molecule has 0 aromatic carbocycles. The Kier molecular flexibility index (Phi) is 105. The van der Waals surface area contributed by atoms with Gasteiger partial charge in [0.1, 0.15) is 5.78 Å². The molecule has 4 heteroatoms. The summed E-state index contributed by atoms with van der Waals surface area (Å²) in [6.07, 6.45) is 26.1. The van der Waals surface area contributed by atoms with E-state index in [1.165, 1.54) is 89.9 Å². The summed E-state index contributed by atoms with van der Waals surface area (Å²) in [4.78, 5) is 10.4. The first-order valence-corrected chi connectivity index (χ1v) is 18.5.